The van der Waals surface area contributed by atoms with Gasteiger partial charge >= 0.3 is 0 Å². The monoisotopic (exact) mass is 317 g/mol. The number of likely N-dealkylation sites (tertiary alicyclic amines) is 1. The van der Waals surface area contributed by atoms with Crippen LogP contribution in [0.25, 0.3) is 0 Å². The minimum absolute atomic E-state index is 0.372. The number of rotatable bonds is 4. The van der Waals surface area contributed by atoms with Gasteiger partial charge in [0.05, 0.1) is 11.7 Å². The van der Waals surface area contributed by atoms with Crippen LogP contribution in [0.5, 0.6) is 0 Å². The van der Waals surface area contributed by atoms with Crippen LogP contribution in [0.4, 0.5) is 0 Å². The number of piperazine rings is 1. The molecule has 3 rings (SSSR count). The zero-order chi connectivity index (χ0) is 16.3. The summed E-state index contributed by atoms with van der Waals surface area (Å²) in [4.78, 5) is 16.4. The molecular weight excluding hydrogens is 286 g/mol. The smallest absolute Gasteiger partial charge is 0.0755 e. The molecule has 0 aromatic carbocycles. The zero-order valence-electron chi connectivity index (χ0n) is 14.9. The van der Waals surface area contributed by atoms with Crippen LogP contribution in [0.1, 0.15) is 38.4 Å². The lowest BCUT2D eigenvalue weighted by Gasteiger charge is -2.45. The van der Waals surface area contributed by atoms with Gasteiger partial charge in [0.1, 0.15) is 0 Å². The molecule has 0 amide bonds. The third-order valence-corrected chi connectivity index (χ3v) is 5.77. The topological polar surface area (TPSA) is 35.5 Å². The Morgan fingerprint density at radius 2 is 1.78 bits per heavy atom. The minimum Gasteiger partial charge on any atom is -0.304 e. The van der Waals surface area contributed by atoms with Crippen molar-refractivity contribution in [3.05, 3.63) is 24.3 Å². The van der Waals surface area contributed by atoms with Gasteiger partial charge in [0.25, 0.3) is 0 Å². The quantitative estimate of drug-likeness (QED) is 0.847. The Bertz CT molecular complexity index is 475. The lowest BCUT2D eigenvalue weighted by atomic mass is 9.79. The molecule has 1 aromatic heterocycles. The standard InChI is InChI=1S/C18H31N5/c1-16(17-14-19-6-7-20-17)23-8-4-18(2,5-9-23)15-22-12-10-21(3)11-13-22/h6-7,14,16H,4-5,8-13,15H2,1-3H3/t16-/m0/s1. The summed E-state index contributed by atoms with van der Waals surface area (Å²) in [5, 5.41) is 0. The van der Waals surface area contributed by atoms with Gasteiger partial charge in [-0.25, -0.2) is 0 Å². The highest BCUT2D eigenvalue weighted by atomic mass is 15.3. The van der Waals surface area contributed by atoms with E-state index in [9.17, 15) is 0 Å². The maximum Gasteiger partial charge on any atom is 0.0755 e. The summed E-state index contributed by atoms with van der Waals surface area (Å²) in [7, 11) is 2.23. The summed E-state index contributed by atoms with van der Waals surface area (Å²) < 4.78 is 0. The van der Waals surface area contributed by atoms with E-state index < -0.39 is 0 Å². The van der Waals surface area contributed by atoms with Crippen molar-refractivity contribution in [2.45, 2.75) is 32.7 Å². The van der Waals surface area contributed by atoms with Crippen molar-refractivity contribution < 1.29 is 0 Å². The van der Waals surface area contributed by atoms with Crippen molar-refractivity contribution in [1.29, 1.82) is 0 Å². The molecule has 0 radical (unpaired) electrons. The number of piperidine rings is 1. The normalized spacial score (nSPS) is 25.3. The SMILES string of the molecule is C[C@@H](c1cnccn1)N1CCC(C)(CN2CCN(C)CC2)CC1. The Hall–Kier alpha value is -1.04. The summed E-state index contributed by atoms with van der Waals surface area (Å²) in [6.07, 6.45) is 8.02. The van der Waals surface area contributed by atoms with Crippen LogP contribution in [0.3, 0.4) is 0 Å². The highest BCUT2D eigenvalue weighted by Gasteiger charge is 2.34. The van der Waals surface area contributed by atoms with E-state index in [4.69, 9.17) is 0 Å². The molecule has 1 atom stereocenters. The third kappa shape index (κ3) is 4.28. The molecule has 1 aromatic rings. The van der Waals surface area contributed by atoms with Crippen molar-refractivity contribution >= 4 is 0 Å². The summed E-state index contributed by atoms with van der Waals surface area (Å²) in [6, 6.07) is 0.372. The lowest BCUT2D eigenvalue weighted by molar-refractivity contribution is 0.0409. The zero-order valence-corrected chi connectivity index (χ0v) is 14.9. The van der Waals surface area contributed by atoms with Crippen LogP contribution in [0.2, 0.25) is 0 Å². The fourth-order valence-electron chi connectivity index (χ4n) is 3.87. The first-order chi connectivity index (χ1) is 11.1. The fourth-order valence-corrected chi connectivity index (χ4v) is 3.87. The molecule has 2 aliphatic rings. The number of hydrogen-bond acceptors (Lipinski definition) is 5. The summed E-state index contributed by atoms with van der Waals surface area (Å²) in [5.74, 6) is 0. The van der Waals surface area contributed by atoms with Crippen molar-refractivity contribution in [2.24, 2.45) is 5.41 Å². The van der Waals surface area contributed by atoms with E-state index in [2.05, 4.69) is 45.6 Å². The van der Waals surface area contributed by atoms with E-state index >= 15 is 0 Å². The number of aromatic nitrogens is 2. The van der Waals surface area contributed by atoms with Crippen LogP contribution >= 0.6 is 0 Å². The van der Waals surface area contributed by atoms with Crippen LogP contribution in [-0.2, 0) is 0 Å². The van der Waals surface area contributed by atoms with Gasteiger partial charge in [0.15, 0.2) is 0 Å². The Balaban J connectivity index is 1.51. The third-order valence-electron chi connectivity index (χ3n) is 5.77. The molecule has 0 saturated carbocycles. The molecule has 0 aliphatic carbocycles. The van der Waals surface area contributed by atoms with Crippen molar-refractivity contribution in [3.8, 4) is 0 Å². The Morgan fingerprint density at radius 1 is 1.09 bits per heavy atom. The molecule has 3 heterocycles. The van der Waals surface area contributed by atoms with Gasteiger partial charge in [0, 0.05) is 51.3 Å². The Morgan fingerprint density at radius 3 is 2.39 bits per heavy atom. The molecular formula is C18H31N5. The van der Waals surface area contributed by atoms with Gasteiger partial charge < -0.3 is 9.80 Å². The first-order valence-corrected chi connectivity index (χ1v) is 8.97. The van der Waals surface area contributed by atoms with E-state index in [0.29, 0.717) is 11.5 Å². The van der Waals surface area contributed by atoms with Crippen molar-refractivity contribution in [1.82, 2.24) is 24.7 Å². The first kappa shape index (κ1) is 16.8. The van der Waals surface area contributed by atoms with E-state index in [1.807, 2.05) is 6.20 Å². The lowest BCUT2D eigenvalue weighted by Crippen LogP contribution is -2.50. The van der Waals surface area contributed by atoms with Crippen LogP contribution in [0.15, 0.2) is 18.6 Å². The summed E-state index contributed by atoms with van der Waals surface area (Å²) in [6.45, 7) is 13.2. The van der Waals surface area contributed by atoms with Crippen LogP contribution in [-0.4, -0.2) is 77.5 Å². The van der Waals surface area contributed by atoms with Gasteiger partial charge in [-0.15, -0.1) is 0 Å². The molecule has 2 aliphatic heterocycles. The van der Waals surface area contributed by atoms with Gasteiger partial charge in [-0.3, -0.25) is 14.9 Å². The average Bonchev–Trinajstić information content (AvgIpc) is 2.58. The second-order valence-corrected chi connectivity index (χ2v) is 7.73. The van der Waals surface area contributed by atoms with Crippen molar-refractivity contribution in [3.63, 3.8) is 0 Å². The van der Waals surface area contributed by atoms with Crippen LogP contribution in [0, 0.1) is 5.41 Å². The first-order valence-electron chi connectivity index (χ1n) is 8.97. The largest absolute Gasteiger partial charge is 0.304 e. The Kier molecular flexibility index (Phi) is 5.29. The predicted octanol–water partition coefficient (Wildman–Crippen LogP) is 1.89. The van der Waals surface area contributed by atoms with E-state index in [-0.39, 0.29) is 0 Å². The molecule has 23 heavy (non-hydrogen) atoms. The van der Waals surface area contributed by atoms with Crippen LogP contribution < -0.4 is 0 Å². The second kappa shape index (κ2) is 7.24. The van der Waals surface area contributed by atoms with Gasteiger partial charge in [-0.1, -0.05) is 6.92 Å². The molecule has 5 heteroatoms. The molecule has 0 spiro atoms. The summed E-state index contributed by atoms with van der Waals surface area (Å²) in [5.41, 5.74) is 1.56. The number of likely N-dealkylation sites (N-methyl/N-ethyl adjacent to an activating group) is 1. The highest BCUT2D eigenvalue weighted by Crippen LogP contribution is 2.35. The van der Waals surface area contributed by atoms with E-state index in [1.165, 1.54) is 58.7 Å². The van der Waals surface area contributed by atoms with Gasteiger partial charge in [-0.2, -0.15) is 0 Å². The maximum absolute atomic E-state index is 4.47. The van der Waals surface area contributed by atoms with E-state index in [1.54, 1.807) is 12.4 Å². The molecule has 0 unspecified atom stereocenters. The average molecular weight is 317 g/mol. The number of nitrogens with zero attached hydrogens (tertiary/aromatic N) is 5. The maximum atomic E-state index is 4.47. The molecule has 128 valence electrons. The summed E-state index contributed by atoms with van der Waals surface area (Å²) >= 11 is 0. The Labute approximate surface area is 140 Å². The highest BCUT2D eigenvalue weighted by molar-refractivity contribution is 5.02. The molecule has 5 nitrogen and oxygen atoms in total. The second-order valence-electron chi connectivity index (χ2n) is 7.73. The van der Waals surface area contributed by atoms with Gasteiger partial charge in [0.2, 0.25) is 0 Å². The molecule has 0 bridgehead atoms. The number of hydrogen-bond donors (Lipinski definition) is 0. The predicted molar refractivity (Wildman–Crippen MR) is 93.3 cm³/mol. The van der Waals surface area contributed by atoms with Crippen molar-refractivity contribution in [2.75, 3.05) is 52.9 Å². The minimum atomic E-state index is 0.372. The van der Waals surface area contributed by atoms with E-state index in [0.717, 1.165) is 5.69 Å². The fraction of sp³-hybridized carbons (Fsp3) is 0.778. The molecule has 2 fully saturated rings. The van der Waals surface area contributed by atoms with Gasteiger partial charge in [-0.05, 0) is 45.3 Å². The molecule has 0 N–H and O–H groups in total. The molecule has 2 saturated heterocycles.